The van der Waals surface area contributed by atoms with E-state index in [4.69, 9.17) is 4.74 Å². The van der Waals surface area contributed by atoms with Crippen LogP contribution in [0.3, 0.4) is 0 Å². The second kappa shape index (κ2) is 5.69. The van der Waals surface area contributed by atoms with Crippen LogP contribution in [0.25, 0.3) is 17.0 Å². The first-order chi connectivity index (χ1) is 11.7. The van der Waals surface area contributed by atoms with E-state index >= 15 is 0 Å². The molecule has 0 radical (unpaired) electrons. The molecule has 4 aromatic rings. The maximum absolute atomic E-state index is 14.1. The van der Waals surface area contributed by atoms with Crippen molar-refractivity contribution in [1.29, 1.82) is 0 Å². The van der Waals surface area contributed by atoms with Crippen LogP contribution in [0.1, 0.15) is 11.4 Å². The molecule has 0 saturated heterocycles. The van der Waals surface area contributed by atoms with Crippen LogP contribution >= 0.6 is 0 Å². The van der Waals surface area contributed by atoms with Gasteiger partial charge in [-0.1, -0.05) is 11.6 Å². The Bertz CT molecular complexity index is 996. The number of fused-ring (bicyclic) bond motifs is 1. The van der Waals surface area contributed by atoms with E-state index < -0.39 is 0 Å². The lowest BCUT2D eigenvalue weighted by Crippen LogP contribution is -2.03. The highest BCUT2D eigenvalue weighted by atomic mass is 19.1. The quantitative estimate of drug-likeness (QED) is 0.616. The Kier molecular flexibility index (Phi) is 3.38. The van der Waals surface area contributed by atoms with Crippen LogP contribution in [0.2, 0.25) is 0 Å². The minimum Gasteiger partial charge on any atom is -0.468 e. The standard InChI is InChI=1S/C15H12FN7O/c1-9-2-3-11(16)10(6-9)15-21-20-13-4-5-14(22-23(13)15)24-7-12-17-8-18-19-12/h2-6,8H,7H2,1H3,(H,17,18,19). The van der Waals surface area contributed by atoms with Gasteiger partial charge in [0.25, 0.3) is 0 Å². The van der Waals surface area contributed by atoms with Gasteiger partial charge in [0, 0.05) is 6.07 Å². The third-order valence-corrected chi connectivity index (χ3v) is 3.42. The first-order valence-electron chi connectivity index (χ1n) is 7.17. The van der Waals surface area contributed by atoms with Crippen molar-refractivity contribution in [1.82, 2.24) is 35.0 Å². The highest BCUT2D eigenvalue weighted by molar-refractivity contribution is 5.60. The van der Waals surface area contributed by atoms with Gasteiger partial charge >= 0.3 is 0 Å². The third kappa shape index (κ3) is 2.56. The summed E-state index contributed by atoms with van der Waals surface area (Å²) in [4.78, 5) is 3.97. The molecule has 8 nitrogen and oxygen atoms in total. The van der Waals surface area contributed by atoms with Crippen LogP contribution in [0.15, 0.2) is 36.7 Å². The Balaban J connectivity index is 1.72. The van der Waals surface area contributed by atoms with Crippen molar-refractivity contribution in [3.63, 3.8) is 0 Å². The summed E-state index contributed by atoms with van der Waals surface area (Å²) in [6.07, 6.45) is 1.40. The zero-order chi connectivity index (χ0) is 16.5. The molecule has 0 saturated carbocycles. The molecule has 0 unspecified atom stereocenters. The molecule has 0 bridgehead atoms. The fourth-order valence-electron chi connectivity index (χ4n) is 2.27. The van der Waals surface area contributed by atoms with Crippen LogP contribution < -0.4 is 4.74 Å². The van der Waals surface area contributed by atoms with Crippen molar-refractivity contribution in [2.24, 2.45) is 0 Å². The van der Waals surface area contributed by atoms with Crippen molar-refractivity contribution in [2.45, 2.75) is 13.5 Å². The van der Waals surface area contributed by atoms with Crippen LogP contribution in [0.4, 0.5) is 4.39 Å². The van der Waals surface area contributed by atoms with E-state index in [0.717, 1.165) is 5.56 Å². The van der Waals surface area contributed by atoms with Gasteiger partial charge in [0.05, 0.1) is 5.56 Å². The number of rotatable bonds is 4. The summed E-state index contributed by atoms with van der Waals surface area (Å²) in [7, 11) is 0. The molecule has 24 heavy (non-hydrogen) atoms. The summed E-state index contributed by atoms with van der Waals surface area (Å²) in [5, 5.41) is 18.8. The van der Waals surface area contributed by atoms with Gasteiger partial charge in [0.15, 0.2) is 17.3 Å². The highest BCUT2D eigenvalue weighted by Gasteiger charge is 2.14. The first-order valence-corrected chi connectivity index (χ1v) is 7.17. The minimum atomic E-state index is -0.385. The average molecular weight is 325 g/mol. The molecule has 3 aromatic heterocycles. The van der Waals surface area contributed by atoms with Crippen LogP contribution in [-0.4, -0.2) is 35.0 Å². The minimum absolute atomic E-state index is 0.189. The number of ether oxygens (including phenoxy) is 1. The Morgan fingerprint density at radius 3 is 2.96 bits per heavy atom. The number of H-pyrrole nitrogens is 1. The molecule has 4 rings (SSSR count). The molecule has 0 aliphatic rings. The number of hydrogen-bond acceptors (Lipinski definition) is 6. The largest absolute Gasteiger partial charge is 0.468 e. The van der Waals surface area contributed by atoms with E-state index in [-0.39, 0.29) is 12.4 Å². The van der Waals surface area contributed by atoms with Crippen molar-refractivity contribution < 1.29 is 9.13 Å². The number of aromatic amines is 1. The topological polar surface area (TPSA) is 93.9 Å². The van der Waals surface area contributed by atoms with E-state index in [9.17, 15) is 4.39 Å². The molecule has 0 atom stereocenters. The lowest BCUT2D eigenvalue weighted by molar-refractivity contribution is 0.280. The number of nitrogens with zero attached hydrogens (tertiary/aromatic N) is 6. The SMILES string of the molecule is Cc1ccc(F)c(-c2nnc3ccc(OCc4ncn[nH]4)nn23)c1. The number of aromatic nitrogens is 7. The highest BCUT2D eigenvalue weighted by Crippen LogP contribution is 2.23. The Labute approximate surface area is 135 Å². The molecular formula is C15H12FN7O. The number of hydrogen-bond donors (Lipinski definition) is 1. The van der Waals surface area contributed by atoms with Gasteiger partial charge in [-0.05, 0) is 25.1 Å². The molecule has 120 valence electrons. The maximum atomic E-state index is 14.1. The van der Waals surface area contributed by atoms with E-state index in [1.54, 1.807) is 24.3 Å². The molecule has 3 heterocycles. The van der Waals surface area contributed by atoms with Crippen molar-refractivity contribution in [3.8, 4) is 17.3 Å². The van der Waals surface area contributed by atoms with Crippen LogP contribution in [-0.2, 0) is 6.61 Å². The molecular weight excluding hydrogens is 313 g/mol. The Morgan fingerprint density at radius 2 is 2.12 bits per heavy atom. The monoisotopic (exact) mass is 325 g/mol. The average Bonchev–Trinajstić information content (AvgIpc) is 3.24. The zero-order valence-corrected chi connectivity index (χ0v) is 12.6. The van der Waals surface area contributed by atoms with Gasteiger partial charge in [-0.15, -0.1) is 15.3 Å². The summed E-state index contributed by atoms with van der Waals surface area (Å²) < 4.78 is 21.1. The number of aryl methyl sites for hydroxylation is 1. The van der Waals surface area contributed by atoms with E-state index in [0.29, 0.717) is 28.7 Å². The zero-order valence-electron chi connectivity index (χ0n) is 12.6. The smallest absolute Gasteiger partial charge is 0.232 e. The second-order valence-corrected chi connectivity index (χ2v) is 5.17. The van der Waals surface area contributed by atoms with Crippen LogP contribution in [0, 0.1) is 12.7 Å². The van der Waals surface area contributed by atoms with Gasteiger partial charge in [-0.3, -0.25) is 5.10 Å². The van der Waals surface area contributed by atoms with Crippen molar-refractivity contribution in [2.75, 3.05) is 0 Å². The second-order valence-electron chi connectivity index (χ2n) is 5.17. The maximum Gasteiger partial charge on any atom is 0.232 e. The molecule has 0 aliphatic carbocycles. The molecule has 0 fully saturated rings. The molecule has 9 heteroatoms. The Morgan fingerprint density at radius 1 is 1.21 bits per heavy atom. The molecule has 0 aliphatic heterocycles. The molecule has 1 aromatic carbocycles. The van der Waals surface area contributed by atoms with E-state index in [2.05, 4.69) is 30.5 Å². The van der Waals surface area contributed by atoms with E-state index in [1.165, 1.54) is 16.9 Å². The van der Waals surface area contributed by atoms with Gasteiger partial charge in [-0.25, -0.2) is 9.37 Å². The summed E-state index contributed by atoms with van der Waals surface area (Å²) in [6, 6.07) is 8.16. The lowest BCUT2D eigenvalue weighted by atomic mass is 10.1. The van der Waals surface area contributed by atoms with Crippen molar-refractivity contribution >= 4 is 5.65 Å². The predicted molar refractivity (Wildman–Crippen MR) is 81.6 cm³/mol. The normalized spacial score (nSPS) is 11.1. The number of halogens is 1. The molecule has 1 N–H and O–H groups in total. The van der Waals surface area contributed by atoms with Crippen molar-refractivity contribution in [3.05, 3.63) is 53.9 Å². The summed E-state index contributed by atoms with van der Waals surface area (Å²) in [5.74, 6) is 0.847. The van der Waals surface area contributed by atoms with Gasteiger partial charge in [-0.2, -0.15) is 9.61 Å². The van der Waals surface area contributed by atoms with E-state index in [1.807, 2.05) is 6.92 Å². The fraction of sp³-hybridized carbons (Fsp3) is 0.133. The fourth-order valence-corrected chi connectivity index (χ4v) is 2.27. The first kappa shape index (κ1) is 14.2. The molecule has 0 spiro atoms. The summed E-state index contributed by atoms with van der Waals surface area (Å²) >= 11 is 0. The van der Waals surface area contributed by atoms with Gasteiger partial charge in [0.2, 0.25) is 5.88 Å². The lowest BCUT2D eigenvalue weighted by Gasteiger charge is -2.05. The van der Waals surface area contributed by atoms with Gasteiger partial charge in [0.1, 0.15) is 18.8 Å². The van der Waals surface area contributed by atoms with Crippen LogP contribution in [0.5, 0.6) is 5.88 Å². The number of benzene rings is 1. The third-order valence-electron chi connectivity index (χ3n) is 3.42. The van der Waals surface area contributed by atoms with Gasteiger partial charge < -0.3 is 4.74 Å². The summed E-state index contributed by atoms with van der Waals surface area (Å²) in [6.45, 7) is 2.07. The molecule has 0 amide bonds. The number of nitrogens with one attached hydrogen (secondary N) is 1. The Hall–Kier alpha value is -3.36. The predicted octanol–water partition coefficient (Wildman–Crippen LogP) is 1.94. The summed E-state index contributed by atoms with van der Waals surface area (Å²) in [5.41, 5.74) is 1.75.